The fourth-order valence-electron chi connectivity index (χ4n) is 2.90. The largest absolute Gasteiger partial charge is 0.367 e. The van der Waals surface area contributed by atoms with Gasteiger partial charge in [0.2, 0.25) is 0 Å². The average Bonchev–Trinajstić information content (AvgIpc) is 2.72. The predicted molar refractivity (Wildman–Crippen MR) is 98.2 cm³/mol. The van der Waals surface area contributed by atoms with E-state index >= 15 is 0 Å². The first-order valence-electron chi connectivity index (χ1n) is 8.89. The zero-order valence-electron chi connectivity index (χ0n) is 14.6. The minimum Gasteiger partial charge on any atom is -0.367 e. The van der Waals surface area contributed by atoms with Gasteiger partial charge in [0.05, 0.1) is 11.3 Å². The summed E-state index contributed by atoms with van der Waals surface area (Å²) >= 11 is 0. The Morgan fingerprint density at radius 2 is 1.35 bits per heavy atom. The lowest BCUT2D eigenvalue weighted by Gasteiger charge is -2.29. The summed E-state index contributed by atoms with van der Waals surface area (Å²) in [5.41, 5.74) is 0.380. The van der Waals surface area contributed by atoms with Gasteiger partial charge < -0.3 is 20.9 Å². The molecule has 0 bridgehead atoms. The zero-order valence-corrected chi connectivity index (χ0v) is 14.6. The van der Waals surface area contributed by atoms with E-state index in [4.69, 9.17) is 0 Å². The van der Waals surface area contributed by atoms with Crippen molar-refractivity contribution in [3.05, 3.63) is 42.2 Å². The second-order valence-electron chi connectivity index (χ2n) is 6.09. The first-order chi connectivity index (χ1) is 12.8. The van der Waals surface area contributed by atoms with Crippen LogP contribution in [-0.4, -0.2) is 62.3 Å². The third kappa shape index (κ3) is 4.94. The van der Waals surface area contributed by atoms with Gasteiger partial charge in [0, 0.05) is 70.8 Å². The summed E-state index contributed by atoms with van der Waals surface area (Å²) < 4.78 is 28.4. The molecule has 0 radical (unpaired) electrons. The molecule has 0 unspecified atom stereocenters. The van der Waals surface area contributed by atoms with Gasteiger partial charge >= 0.3 is 0 Å². The Morgan fingerprint density at radius 3 is 1.92 bits per heavy atom. The highest BCUT2D eigenvalue weighted by Gasteiger charge is 2.19. The molecule has 0 saturated carbocycles. The minimum absolute atomic E-state index is 0.0852. The first-order valence-corrected chi connectivity index (χ1v) is 8.89. The molecule has 0 spiro atoms. The number of nitrogens with zero attached hydrogens (tertiary/aromatic N) is 3. The molecule has 8 heteroatoms. The van der Waals surface area contributed by atoms with Crippen molar-refractivity contribution in [2.75, 3.05) is 57.3 Å². The van der Waals surface area contributed by atoms with Gasteiger partial charge in [-0.05, 0) is 12.1 Å². The summed E-state index contributed by atoms with van der Waals surface area (Å²) in [6.45, 7) is 7.42. The van der Waals surface area contributed by atoms with Crippen LogP contribution in [0, 0.1) is 11.6 Å². The molecule has 2 saturated heterocycles. The first kappa shape index (κ1) is 18.6. The second-order valence-corrected chi connectivity index (χ2v) is 6.09. The lowest BCUT2D eigenvalue weighted by atomic mass is 10.1. The smallest absolute Gasteiger partial charge is 0.162 e. The van der Waals surface area contributed by atoms with Gasteiger partial charge in [-0.15, -0.1) is 0 Å². The van der Waals surface area contributed by atoms with Crippen LogP contribution in [0.15, 0.2) is 30.6 Å². The molecule has 2 aliphatic rings. The lowest BCUT2D eigenvalue weighted by molar-refractivity contribution is 0.534. The molecule has 2 aliphatic heterocycles. The van der Waals surface area contributed by atoms with Crippen LogP contribution in [0.1, 0.15) is 0 Å². The molecule has 0 aliphatic carbocycles. The van der Waals surface area contributed by atoms with Crippen LogP contribution in [-0.2, 0) is 0 Å². The van der Waals surface area contributed by atoms with Crippen molar-refractivity contribution >= 4 is 5.69 Å². The number of aromatic nitrogens is 2. The average molecular weight is 362 g/mol. The summed E-state index contributed by atoms with van der Waals surface area (Å²) in [7, 11) is 0. The molecule has 0 atom stereocenters. The minimum atomic E-state index is -0.508. The van der Waals surface area contributed by atoms with Crippen LogP contribution in [0.2, 0.25) is 0 Å². The number of hydrogen-bond donors (Lipinski definition) is 3. The molecule has 2 aromatic rings. The van der Waals surface area contributed by atoms with E-state index in [1.165, 1.54) is 24.5 Å². The number of hydrogen-bond acceptors (Lipinski definition) is 6. The standard InChI is InChI=1S/C14H14F2N4.C4H10N2/c15-11-9-13(20-6-4-17-5-7-20)12(16)8-10(11)14-18-2-1-3-19-14;1-2-6-4-3-5-1/h1-3,8-9,17H,4-7H2;5-6H,1-4H2. The van der Waals surface area contributed by atoms with Crippen molar-refractivity contribution < 1.29 is 8.78 Å². The van der Waals surface area contributed by atoms with E-state index in [2.05, 4.69) is 25.9 Å². The number of benzene rings is 1. The molecule has 0 amide bonds. The Hall–Kier alpha value is -2.16. The van der Waals surface area contributed by atoms with Gasteiger partial charge in [0.25, 0.3) is 0 Å². The lowest BCUT2D eigenvalue weighted by Crippen LogP contribution is -2.43. The molecule has 1 aromatic carbocycles. The maximum absolute atomic E-state index is 14.2. The van der Waals surface area contributed by atoms with Crippen molar-refractivity contribution in [1.82, 2.24) is 25.9 Å². The van der Waals surface area contributed by atoms with Crippen molar-refractivity contribution in [2.45, 2.75) is 0 Å². The summed E-state index contributed by atoms with van der Waals surface area (Å²) in [6.07, 6.45) is 3.01. The fraction of sp³-hybridized carbons (Fsp3) is 0.444. The highest BCUT2D eigenvalue weighted by molar-refractivity contribution is 5.62. The molecule has 3 heterocycles. The van der Waals surface area contributed by atoms with E-state index < -0.39 is 11.6 Å². The number of anilines is 1. The Labute approximate surface area is 152 Å². The Balaban J connectivity index is 0.000000278. The number of rotatable bonds is 2. The third-order valence-corrected chi connectivity index (χ3v) is 4.26. The molecule has 26 heavy (non-hydrogen) atoms. The fourth-order valence-corrected chi connectivity index (χ4v) is 2.90. The Bertz CT molecular complexity index is 676. The van der Waals surface area contributed by atoms with Gasteiger partial charge in [0.15, 0.2) is 5.82 Å². The number of nitrogens with one attached hydrogen (secondary N) is 3. The Kier molecular flexibility index (Phi) is 6.82. The van der Waals surface area contributed by atoms with Crippen molar-refractivity contribution in [3.8, 4) is 11.4 Å². The van der Waals surface area contributed by atoms with Crippen molar-refractivity contribution in [2.24, 2.45) is 0 Å². The zero-order chi connectivity index (χ0) is 18.2. The summed E-state index contributed by atoms with van der Waals surface area (Å²) in [5, 5.41) is 9.62. The van der Waals surface area contributed by atoms with Gasteiger partial charge in [0.1, 0.15) is 11.6 Å². The van der Waals surface area contributed by atoms with Crippen LogP contribution in [0.25, 0.3) is 11.4 Å². The van der Waals surface area contributed by atoms with E-state index in [0.29, 0.717) is 18.8 Å². The van der Waals surface area contributed by atoms with Gasteiger partial charge in [-0.25, -0.2) is 18.7 Å². The highest BCUT2D eigenvalue weighted by atomic mass is 19.1. The molecule has 6 nitrogen and oxygen atoms in total. The molecule has 4 rings (SSSR count). The monoisotopic (exact) mass is 362 g/mol. The van der Waals surface area contributed by atoms with E-state index in [0.717, 1.165) is 39.3 Å². The van der Waals surface area contributed by atoms with E-state index in [9.17, 15) is 8.78 Å². The topological polar surface area (TPSA) is 65.1 Å². The maximum Gasteiger partial charge on any atom is 0.162 e. The summed E-state index contributed by atoms with van der Waals surface area (Å²) in [6, 6.07) is 4.03. The van der Waals surface area contributed by atoms with Crippen molar-refractivity contribution in [3.63, 3.8) is 0 Å². The van der Waals surface area contributed by atoms with Crippen LogP contribution >= 0.6 is 0 Å². The van der Waals surface area contributed by atoms with Crippen LogP contribution in [0.4, 0.5) is 14.5 Å². The van der Waals surface area contributed by atoms with Crippen LogP contribution in [0.5, 0.6) is 0 Å². The van der Waals surface area contributed by atoms with E-state index in [1.807, 2.05) is 4.90 Å². The third-order valence-electron chi connectivity index (χ3n) is 4.26. The SMILES string of the molecule is C1CNCCN1.Fc1cc(N2CCNCC2)c(F)cc1-c1ncccn1. The molecular formula is C18H24F2N6. The predicted octanol–water partition coefficient (Wildman–Crippen LogP) is 1.01. The molecule has 140 valence electrons. The molecule has 3 N–H and O–H groups in total. The second kappa shape index (κ2) is 9.51. The van der Waals surface area contributed by atoms with Gasteiger partial charge in [-0.1, -0.05) is 0 Å². The summed E-state index contributed by atoms with van der Waals surface area (Å²) in [5.74, 6) is -0.766. The normalized spacial score (nSPS) is 17.4. The summed E-state index contributed by atoms with van der Waals surface area (Å²) in [4.78, 5) is 9.74. The van der Waals surface area contributed by atoms with E-state index in [-0.39, 0.29) is 11.4 Å². The maximum atomic E-state index is 14.2. The molecular weight excluding hydrogens is 338 g/mol. The van der Waals surface area contributed by atoms with E-state index in [1.54, 1.807) is 6.07 Å². The molecule has 1 aromatic heterocycles. The van der Waals surface area contributed by atoms with Gasteiger partial charge in [-0.2, -0.15) is 0 Å². The number of halogens is 2. The quantitative estimate of drug-likeness (QED) is 0.741. The number of piperazine rings is 2. The highest BCUT2D eigenvalue weighted by Crippen LogP contribution is 2.28. The Morgan fingerprint density at radius 1 is 0.769 bits per heavy atom. The van der Waals surface area contributed by atoms with Gasteiger partial charge in [-0.3, -0.25) is 0 Å². The van der Waals surface area contributed by atoms with Crippen molar-refractivity contribution in [1.29, 1.82) is 0 Å². The van der Waals surface area contributed by atoms with Crippen LogP contribution in [0.3, 0.4) is 0 Å². The molecule has 2 fully saturated rings. The van der Waals surface area contributed by atoms with Crippen LogP contribution < -0.4 is 20.9 Å².